The van der Waals surface area contributed by atoms with E-state index in [-0.39, 0.29) is 12.6 Å². The molecule has 1 aromatic rings. The molecule has 0 atom stereocenters. The summed E-state index contributed by atoms with van der Waals surface area (Å²) in [6.07, 6.45) is 4.60. The maximum atomic E-state index is 11.4. The van der Waals surface area contributed by atoms with Gasteiger partial charge in [0.15, 0.2) is 0 Å². The number of ether oxygens (including phenoxy) is 1. The fraction of sp³-hybridized carbons (Fsp3) is 0.667. The van der Waals surface area contributed by atoms with Gasteiger partial charge >= 0.3 is 5.97 Å². The lowest BCUT2D eigenvalue weighted by Gasteiger charge is -2.04. The smallest absolute Gasteiger partial charge is 0.306 e. The van der Waals surface area contributed by atoms with Gasteiger partial charge in [-0.1, -0.05) is 27.2 Å². The van der Waals surface area contributed by atoms with Crippen LogP contribution in [0.15, 0.2) is 16.5 Å². The number of aryl methyl sites for hydroxylation is 1. The van der Waals surface area contributed by atoms with Gasteiger partial charge in [-0.25, -0.2) is 0 Å². The molecule has 1 aromatic heterocycles. The lowest BCUT2D eigenvalue weighted by Crippen LogP contribution is -2.05. The summed E-state index contributed by atoms with van der Waals surface area (Å²) >= 11 is 0. The van der Waals surface area contributed by atoms with E-state index in [0.717, 1.165) is 37.2 Å². The largest absolute Gasteiger partial charge is 0.462 e. The average molecular weight is 252 g/mol. The monoisotopic (exact) mass is 252 g/mol. The Labute approximate surface area is 110 Å². The first-order valence-corrected chi connectivity index (χ1v) is 6.85. The lowest BCUT2D eigenvalue weighted by molar-refractivity contribution is -0.145. The normalized spacial score (nSPS) is 10.9. The Morgan fingerprint density at radius 2 is 2.06 bits per heavy atom. The molecule has 0 amide bonds. The van der Waals surface area contributed by atoms with Crippen molar-refractivity contribution in [3.05, 3.63) is 23.7 Å². The van der Waals surface area contributed by atoms with Crippen LogP contribution in [0, 0.1) is 5.92 Å². The first-order chi connectivity index (χ1) is 8.61. The molecule has 3 nitrogen and oxygen atoms in total. The van der Waals surface area contributed by atoms with Gasteiger partial charge in [0.1, 0.15) is 18.1 Å². The molecule has 0 radical (unpaired) electrons. The van der Waals surface area contributed by atoms with Crippen LogP contribution in [0.4, 0.5) is 0 Å². The molecule has 0 aliphatic carbocycles. The molecule has 0 aromatic carbocycles. The third-order valence-corrected chi connectivity index (χ3v) is 2.80. The Kier molecular flexibility index (Phi) is 6.55. The van der Waals surface area contributed by atoms with Gasteiger partial charge in [0.25, 0.3) is 0 Å². The predicted molar refractivity (Wildman–Crippen MR) is 71.2 cm³/mol. The van der Waals surface area contributed by atoms with Crippen LogP contribution >= 0.6 is 0 Å². The van der Waals surface area contributed by atoms with Crippen LogP contribution in [0.1, 0.15) is 58.0 Å². The zero-order valence-corrected chi connectivity index (χ0v) is 11.7. The van der Waals surface area contributed by atoms with Gasteiger partial charge < -0.3 is 9.15 Å². The summed E-state index contributed by atoms with van der Waals surface area (Å²) in [4.78, 5) is 11.4. The molecular formula is C15H24O3. The SMILES string of the molecule is CCCCc1ccc(COC(=O)CCC(C)C)o1. The van der Waals surface area contributed by atoms with Crippen molar-refractivity contribution in [2.24, 2.45) is 5.92 Å². The number of esters is 1. The van der Waals surface area contributed by atoms with Gasteiger partial charge in [-0.05, 0) is 30.9 Å². The van der Waals surface area contributed by atoms with Gasteiger partial charge in [0.2, 0.25) is 0 Å². The van der Waals surface area contributed by atoms with Crippen LogP contribution in [0.5, 0.6) is 0 Å². The highest BCUT2D eigenvalue weighted by Gasteiger charge is 2.07. The minimum absolute atomic E-state index is 0.143. The Bertz CT molecular complexity index is 352. The maximum Gasteiger partial charge on any atom is 0.306 e. The molecule has 1 heterocycles. The van der Waals surface area contributed by atoms with E-state index in [1.165, 1.54) is 0 Å². The first kappa shape index (κ1) is 14.8. The molecule has 0 N–H and O–H groups in total. The van der Waals surface area contributed by atoms with Crippen molar-refractivity contribution in [2.75, 3.05) is 0 Å². The molecule has 0 fully saturated rings. The number of furan rings is 1. The van der Waals surface area contributed by atoms with Crippen LogP contribution in [0.3, 0.4) is 0 Å². The van der Waals surface area contributed by atoms with E-state index in [4.69, 9.17) is 9.15 Å². The standard InChI is InChI=1S/C15H24O3/c1-4-5-6-13-8-9-14(18-13)11-17-15(16)10-7-12(2)3/h8-9,12H,4-7,10-11H2,1-3H3. The molecule has 18 heavy (non-hydrogen) atoms. The van der Waals surface area contributed by atoms with Crippen LogP contribution < -0.4 is 0 Å². The topological polar surface area (TPSA) is 39.4 Å². The summed E-state index contributed by atoms with van der Waals surface area (Å²) in [6, 6.07) is 3.85. The summed E-state index contributed by atoms with van der Waals surface area (Å²) in [7, 11) is 0. The van der Waals surface area contributed by atoms with Crippen LogP contribution in [-0.2, 0) is 22.6 Å². The van der Waals surface area contributed by atoms with Crippen molar-refractivity contribution in [3.8, 4) is 0 Å². The zero-order chi connectivity index (χ0) is 13.4. The Hall–Kier alpha value is -1.25. The molecule has 0 saturated carbocycles. The number of carbonyl (C=O) groups is 1. The van der Waals surface area contributed by atoms with Gasteiger partial charge in [-0.3, -0.25) is 4.79 Å². The van der Waals surface area contributed by atoms with E-state index in [9.17, 15) is 4.79 Å². The minimum Gasteiger partial charge on any atom is -0.462 e. The summed E-state index contributed by atoms with van der Waals surface area (Å²) in [5.41, 5.74) is 0. The highest BCUT2D eigenvalue weighted by atomic mass is 16.5. The Balaban J connectivity index is 2.26. The Morgan fingerprint density at radius 3 is 2.72 bits per heavy atom. The van der Waals surface area contributed by atoms with Crippen molar-refractivity contribution in [1.29, 1.82) is 0 Å². The third-order valence-electron chi connectivity index (χ3n) is 2.80. The molecule has 102 valence electrons. The quantitative estimate of drug-likeness (QED) is 0.654. The van der Waals surface area contributed by atoms with E-state index in [1.54, 1.807) is 0 Å². The predicted octanol–water partition coefficient (Wildman–Crippen LogP) is 4.10. The molecule has 0 aliphatic heterocycles. The van der Waals surface area contributed by atoms with E-state index in [0.29, 0.717) is 12.3 Å². The molecule has 0 unspecified atom stereocenters. The van der Waals surface area contributed by atoms with Crippen LogP contribution in [0.25, 0.3) is 0 Å². The summed E-state index contributed by atoms with van der Waals surface area (Å²) in [5.74, 6) is 2.10. The van der Waals surface area contributed by atoms with Crippen molar-refractivity contribution in [3.63, 3.8) is 0 Å². The second-order valence-electron chi connectivity index (χ2n) is 5.06. The molecule has 1 rings (SSSR count). The highest BCUT2D eigenvalue weighted by molar-refractivity contribution is 5.69. The Morgan fingerprint density at radius 1 is 1.33 bits per heavy atom. The van der Waals surface area contributed by atoms with E-state index in [1.807, 2.05) is 12.1 Å². The highest BCUT2D eigenvalue weighted by Crippen LogP contribution is 2.13. The van der Waals surface area contributed by atoms with Crippen LogP contribution in [-0.4, -0.2) is 5.97 Å². The van der Waals surface area contributed by atoms with E-state index in [2.05, 4.69) is 20.8 Å². The molecule has 0 saturated heterocycles. The fourth-order valence-electron chi connectivity index (χ4n) is 1.62. The summed E-state index contributed by atoms with van der Waals surface area (Å²) in [5, 5.41) is 0. The van der Waals surface area contributed by atoms with Gasteiger partial charge in [0.05, 0.1) is 0 Å². The number of carbonyl (C=O) groups excluding carboxylic acids is 1. The summed E-state index contributed by atoms with van der Waals surface area (Å²) in [6.45, 7) is 6.60. The maximum absolute atomic E-state index is 11.4. The number of hydrogen-bond acceptors (Lipinski definition) is 3. The van der Waals surface area contributed by atoms with Crippen molar-refractivity contribution in [1.82, 2.24) is 0 Å². The molecule has 0 bridgehead atoms. The molecular weight excluding hydrogens is 228 g/mol. The summed E-state index contributed by atoms with van der Waals surface area (Å²) < 4.78 is 10.7. The molecule has 3 heteroatoms. The van der Waals surface area contributed by atoms with Crippen LogP contribution in [0.2, 0.25) is 0 Å². The minimum atomic E-state index is -0.143. The van der Waals surface area contributed by atoms with Gasteiger partial charge in [0, 0.05) is 12.8 Å². The number of rotatable bonds is 8. The zero-order valence-electron chi connectivity index (χ0n) is 11.7. The van der Waals surface area contributed by atoms with E-state index < -0.39 is 0 Å². The molecule has 0 spiro atoms. The van der Waals surface area contributed by atoms with Crippen molar-refractivity contribution < 1.29 is 13.9 Å². The number of unbranched alkanes of at least 4 members (excludes halogenated alkanes) is 1. The second-order valence-corrected chi connectivity index (χ2v) is 5.06. The van der Waals surface area contributed by atoms with Gasteiger partial charge in [-0.15, -0.1) is 0 Å². The van der Waals surface area contributed by atoms with E-state index >= 15 is 0 Å². The molecule has 0 aliphatic rings. The second kappa shape index (κ2) is 7.96. The average Bonchev–Trinajstić information content (AvgIpc) is 2.79. The third kappa shape index (κ3) is 5.89. The fourth-order valence-corrected chi connectivity index (χ4v) is 1.62. The number of hydrogen-bond donors (Lipinski definition) is 0. The lowest BCUT2D eigenvalue weighted by atomic mass is 10.1. The van der Waals surface area contributed by atoms with Crippen molar-refractivity contribution >= 4 is 5.97 Å². The van der Waals surface area contributed by atoms with Crippen molar-refractivity contribution in [2.45, 2.75) is 59.5 Å². The van der Waals surface area contributed by atoms with Gasteiger partial charge in [-0.2, -0.15) is 0 Å². The first-order valence-electron chi connectivity index (χ1n) is 6.85.